The topological polar surface area (TPSA) is 136 Å². The highest BCUT2D eigenvalue weighted by Gasteiger charge is 2.17. The summed E-state index contributed by atoms with van der Waals surface area (Å²) < 4.78 is 42.0. The van der Waals surface area contributed by atoms with Gasteiger partial charge in [-0.1, -0.05) is 24.3 Å². The van der Waals surface area contributed by atoms with E-state index >= 15 is 0 Å². The Morgan fingerprint density at radius 2 is 1.79 bits per heavy atom. The van der Waals surface area contributed by atoms with Gasteiger partial charge >= 0.3 is 0 Å². The number of hydrogen-bond donors (Lipinski definition) is 3. The molecule has 1 atom stereocenters. The molecule has 1 heterocycles. The highest BCUT2D eigenvalue weighted by atomic mass is 32.2. The molecular weight excluding hydrogens is 522 g/mol. The van der Waals surface area contributed by atoms with Crippen LogP contribution in [0.2, 0.25) is 0 Å². The number of hydrazone groups is 1. The van der Waals surface area contributed by atoms with Gasteiger partial charge in [-0.25, -0.2) is 13.8 Å². The maximum atomic E-state index is 12.7. The Morgan fingerprint density at radius 3 is 2.46 bits per heavy atom. The van der Waals surface area contributed by atoms with Crippen molar-refractivity contribution in [1.29, 1.82) is 0 Å². The van der Waals surface area contributed by atoms with Crippen LogP contribution in [0.4, 0.5) is 0 Å². The zero-order valence-corrected chi connectivity index (χ0v) is 23.4. The van der Waals surface area contributed by atoms with Gasteiger partial charge in [0.25, 0.3) is 0 Å². The Balaban J connectivity index is 1.29. The van der Waals surface area contributed by atoms with Crippen LogP contribution in [0.5, 0.6) is 5.75 Å². The second-order valence-corrected chi connectivity index (χ2v) is 11.7. The zero-order chi connectivity index (χ0) is 28.1. The third kappa shape index (κ3) is 11.1. The molecule has 2 aromatic carbocycles. The van der Waals surface area contributed by atoms with Gasteiger partial charge in [-0.3, -0.25) is 4.79 Å². The number of ether oxygens (including phenoxy) is 3. The molecule has 0 aliphatic carbocycles. The first kappa shape index (κ1) is 30.7. The van der Waals surface area contributed by atoms with E-state index in [1.165, 1.54) is 0 Å². The molecule has 0 aromatic heterocycles. The summed E-state index contributed by atoms with van der Waals surface area (Å²) in [5, 5.41) is 17.3. The van der Waals surface area contributed by atoms with Gasteiger partial charge in [0.05, 0.1) is 42.3 Å². The summed E-state index contributed by atoms with van der Waals surface area (Å²) in [5.74, 6) is 0.518. The molecular formula is C28H39N3O7S. The summed E-state index contributed by atoms with van der Waals surface area (Å²) in [6.07, 6.45) is 0.759. The van der Waals surface area contributed by atoms with Crippen molar-refractivity contribution in [3.8, 4) is 5.75 Å². The highest BCUT2D eigenvalue weighted by molar-refractivity contribution is 7.91. The minimum atomic E-state index is -3.43. The van der Waals surface area contributed by atoms with Crippen LogP contribution < -0.4 is 15.5 Å². The Kier molecular flexibility index (Phi) is 12.3. The summed E-state index contributed by atoms with van der Waals surface area (Å²) in [6.45, 7) is 6.42. The number of sulfone groups is 1. The van der Waals surface area contributed by atoms with Crippen molar-refractivity contribution in [1.82, 2.24) is 10.7 Å². The Labute approximate surface area is 230 Å². The summed E-state index contributed by atoms with van der Waals surface area (Å²) >= 11 is 0. The standard InChI is InChI=1S/C28H39N3O7S/c1-21(2)37-16-15-36-19-22-4-8-25(9-5-22)38-20-24(32)18-29-14-3-17-39(34,35)26-10-6-23(7-11-26)27-12-13-28(33)31-30-27/h4-11,21,24,29,32H,3,12-20H2,1-2H3,(H,31,33). The molecule has 1 aliphatic heterocycles. The van der Waals surface area contributed by atoms with Crippen LogP contribution in [-0.2, 0) is 30.7 Å². The molecule has 0 bridgehead atoms. The molecule has 1 amide bonds. The molecule has 0 radical (unpaired) electrons. The van der Waals surface area contributed by atoms with Gasteiger partial charge in [-0.15, -0.1) is 0 Å². The van der Waals surface area contributed by atoms with E-state index in [-0.39, 0.29) is 35.8 Å². The van der Waals surface area contributed by atoms with E-state index in [0.29, 0.717) is 51.4 Å². The van der Waals surface area contributed by atoms with Crippen molar-refractivity contribution in [2.24, 2.45) is 5.10 Å². The summed E-state index contributed by atoms with van der Waals surface area (Å²) in [5.41, 5.74) is 4.99. The minimum Gasteiger partial charge on any atom is -0.491 e. The number of aliphatic hydroxyl groups excluding tert-OH is 1. The second kappa shape index (κ2) is 15.7. The molecule has 1 unspecified atom stereocenters. The quantitative estimate of drug-likeness (QED) is 0.251. The van der Waals surface area contributed by atoms with Gasteiger partial charge < -0.3 is 24.6 Å². The SMILES string of the molecule is CC(C)OCCOCc1ccc(OCC(O)CNCCCS(=O)(=O)c2ccc(C3=NNC(=O)CC3)cc2)cc1. The lowest BCUT2D eigenvalue weighted by atomic mass is 10.0. The predicted octanol–water partition coefficient (Wildman–Crippen LogP) is 2.44. The number of nitrogens with zero attached hydrogens (tertiary/aromatic N) is 1. The fourth-order valence-electron chi connectivity index (χ4n) is 3.78. The summed E-state index contributed by atoms with van der Waals surface area (Å²) in [4.78, 5) is 11.5. The molecule has 2 aromatic rings. The molecule has 11 heteroatoms. The predicted molar refractivity (Wildman–Crippen MR) is 149 cm³/mol. The molecule has 1 aliphatic rings. The van der Waals surface area contributed by atoms with Crippen molar-refractivity contribution < 1.29 is 32.5 Å². The number of hydrogen-bond acceptors (Lipinski definition) is 9. The van der Waals surface area contributed by atoms with E-state index in [1.54, 1.807) is 24.3 Å². The van der Waals surface area contributed by atoms with Crippen LogP contribution >= 0.6 is 0 Å². The minimum absolute atomic E-state index is 0.0102. The van der Waals surface area contributed by atoms with Gasteiger partial charge in [0, 0.05) is 19.4 Å². The first-order chi connectivity index (χ1) is 18.7. The van der Waals surface area contributed by atoms with Crippen molar-refractivity contribution in [2.45, 2.75) is 56.8 Å². The third-order valence-electron chi connectivity index (χ3n) is 5.91. The first-order valence-electron chi connectivity index (χ1n) is 13.2. The van der Waals surface area contributed by atoms with Crippen LogP contribution in [0, 0.1) is 0 Å². The monoisotopic (exact) mass is 561 g/mol. The number of amides is 1. The number of rotatable bonds is 17. The van der Waals surface area contributed by atoms with Crippen LogP contribution in [0.15, 0.2) is 58.5 Å². The Bertz CT molecular complexity index is 1170. The van der Waals surface area contributed by atoms with Crippen LogP contribution in [-0.4, -0.2) is 76.0 Å². The van der Waals surface area contributed by atoms with Crippen LogP contribution in [0.25, 0.3) is 0 Å². The van der Waals surface area contributed by atoms with E-state index in [9.17, 15) is 18.3 Å². The van der Waals surface area contributed by atoms with Gasteiger partial charge in [0.2, 0.25) is 5.91 Å². The third-order valence-corrected chi connectivity index (χ3v) is 7.73. The van der Waals surface area contributed by atoms with Gasteiger partial charge in [-0.2, -0.15) is 5.10 Å². The zero-order valence-electron chi connectivity index (χ0n) is 22.6. The largest absolute Gasteiger partial charge is 0.491 e. The molecule has 39 heavy (non-hydrogen) atoms. The number of nitrogens with one attached hydrogen (secondary N) is 2. The van der Waals surface area contributed by atoms with Crippen molar-refractivity contribution in [2.75, 3.05) is 38.7 Å². The Morgan fingerprint density at radius 1 is 1.05 bits per heavy atom. The van der Waals surface area contributed by atoms with Gasteiger partial charge in [0.1, 0.15) is 18.5 Å². The first-order valence-corrected chi connectivity index (χ1v) is 14.9. The van der Waals surface area contributed by atoms with Crippen molar-refractivity contribution in [3.05, 3.63) is 59.7 Å². The van der Waals surface area contributed by atoms with E-state index in [0.717, 1.165) is 16.8 Å². The normalized spacial score (nSPS) is 14.7. The van der Waals surface area contributed by atoms with Gasteiger partial charge in [-0.05, 0) is 62.2 Å². The molecule has 0 saturated heterocycles. The summed E-state index contributed by atoms with van der Waals surface area (Å²) in [6, 6.07) is 14.1. The lowest BCUT2D eigenvalue weighted by molar-refractivity contribution is -0.121. The maximum absolute atomic E-state index is 12.7. The fourth-order valence-corrected chi connectivity index (χ4v) is 5.09. The lowest BCUT2D eigenvalue weighted by Crippen LogP contribution is -2.32. The molecule has 0 spiro atoms. The second-order valence-electron chi connectivity index (χ2n) is 9.58. The molecule has 3 N–H and O–H groups in total. The Hall–Kier alpha value is -2.83. The number of carbonyl (C=O) groups excluding carboxylic acids is 1. The molecule has 0 saturated carbocycles. The number of benzene rings is 2. The maximum Gasteiger partial charge on any atom is 0.240 e. The van der Waals surface area contributed by atoms with E-state index < -0.39 is 15.9 Å². The highest BCUT2D eigenvalue weighted by Crippen LogP contribution is 2.17. The van der Waals surface area contributed by atoms with Crippen molar-refractivity contribution >= 4 is 21.5 Å². The van der Waals surface area contributed by atoms with E-state index in [2.05, 4.69) is 15.8 Å². The lowest BCUT2D eigenvalue weighted by Gasteiger charge is -2.14. The average molecular weight is 562 g/mol. The summed E-state index contributed by atoms with van der Waals surface area (Å²) in [7, 11) is -3.43. The number of aliphatic hydroxyl groups is 1. The fraction of sp³-hybridized carbons (Fsp3) is 0.500. The molecule has 0 fully saturated rings. The molecule has 3 rings (SSSR count). The van der Waals surface area contributed by atoms with E-state index in [4.69, 9.17) is 14.2 Å². The van der Waals surface area contributed by atoms with Crippen LogP contribution in [0.3, 0.4) is 0 Å². The van der Waals surface area contributed by atoms with Crippen LogP contribution in [0.1, 0.15) is 44.2 Å². The van der Waals surface area contributed by atoms with Gasteiger partial charge in [0.15, 0.2) is 9.84 Å². The average Bonchev–Trinajstić information content (AvgIpc) is 2.92. The molecule has 214 valence electrons. The smallest absolute Gasteiger partial charge is 0.240 e. The van der Waals surface area contributed by atoms with Crippen molar-refractivity contribution in [3.63, 3.8) is 0 Å². The number of carbonyl (C=O) groups is 1. The van der Waals surface area contributed by atoms with E-state index in [1.807, 2.05) is 38.1 Å². The molecule has 10 nitrogen and oxygen atoms in total.